The molecule has 0 bridgehead atoms. The van der Waals surface area contributed by atoms with Crippen molar-refractivity contribution in [3.05, 3.63) is 109 Å². The van der Waals surface area contributed by atoms with Crippen LogP contribution in [-0.4, -0.2) is 23.0 Å². The van der Waals surface area contributed by atoms with E-state index in [1.54, 1.807) is 0 Å². The van der Waals surface area contributed by atoms with Gasteiger partial charge in [0.25, 0.3) is 0 Å². The summed E-state index contributed by atoms with van der Waals surface area (Å²) in [7, 11) is -1.57. The summed E-state index contributed by atoms with van der Waals surface area (Å²) in [4.78, 5) is 13.4. The Morgan fingerprint density at radius 1 is 0.789 bits per heavy atom. The fourth-order valence-corrected chi connectivity index (χ4v) is 5.76. The number of fused-ring (bicyclic) bond motifs is 3. The molecule has 6 rings (SSSR count). The van der Waals surface area contributed by atoms with Crippen LogP contribution in [0.1, 0.15) is 11.1 Å². The molecule has 0 unspecified atom stereocenters. The van der Waals surface area contributed by atoms with Gasteiger partial charge >= 0.3 is 0 Å². The Hall–Kier alpha value is -3.44. The van der Waals surface area contributed by atoms with Crippen LogP contribution in [0.3, 0.4) is 0 Å². The number of hydrogen-bond acceptors (Lipinski definition) is 4. The summed E-state index contributed by atoms with van der Waals surface area (Å²) in [6, 6.07) is 28.6. The van der Waals surface area contributed by atoms with E-state index in [2.05, 4.69) is 71.8 Å². The Labute approximate surface area is 238 Å². The molecule has 0 aliphatic rings. The molecular formula is C32H29IrN3OSi-2. The summed E-state index contributed by atoms with van der Waals surface area (Å²) in [6.45, 7) is 11.1. The maximum atomic E-state index is 6.20. The van der Waals surface area contributed by atoms with Gasteiger partial charge in [-0.25, -0.2) is 0 Å². The molecule has 0 N–H and O–H groups in total. The van der Waals surface area contributed by atoms with Crippen LogP contribution in [0.15, 0.2) is 89.7 Å². The minimum absolute atomic E-state index is 0. The first-order chi connectivity index (χ1) is 17.8. The number of pyridine rings is 3. The third-order valence-electron chi connectivity index (χ3n) is 6.18. The second-order valence-electron chi connectivity index (χ2n) is 10.2. The average molecular weight is 692 g/mol. The molecule has 4 nitrogen and oxygen atoms in total. The second kappa shape index (κ2) is 11.5. The quantitative estimate of drug-likeness (QED) is 0.142. The minimum Gasteiger partial charge on any atom is -0.499 e. The van der Waals surface area contributed by atoms with Crippen LogP contribution in [0.2, 0.25) is 19.6 Å². The van der Waals surface area contributed by atoms with Crippen LogP contribution in [0.4, 0.5) is 0 Å². The largest absolute Gasteiger partial charge is 0.499 e. The van der Waals surface area contributed by atoms with E-state index >= 15 is 0 Å². The van der Waals surface area contributed by atoms with Crippen molar-refractivity contribution < 1.29 is 24.5 Å². The monoisotopic (exact) mass is 692 g/mol. The van der Waals surface area contributed by atoms with E-state index in [1.165, 1.54) is 16.3 Å². The average Bonchev–Trinajstić information content (AvgIpc) is 3.28. The summed E-state index contributed by atoms with van der Waals surface area (Å²) in [5.74, 6) is 0. The third kappa shape index (κ3) is 5.83. The molecule has 6 heteroatoms. The molecule has 1 radical (unpaired) electrons. The number of furan rings is 1. The molecule has 0 aliphatic carbocycles. The van der Waals surface area contributed by atoms with Crippen LogP contribution in [0, 0.1) is 26.0 Å². The minimum atomic E-state index is -1.57. The van der Waals surface area contributed by atoms with Crippen molar-refractivity contribution in [2.75, 3.05) is 0 Å². The van der Waals surface area contributed by atoms with Crippen molar-refractivity contribution >= 4 is 35.3 Å². The van der Waals surface area contributed by atoms with E-state index in [0.29, 0.717) is 0 Å². The van der Waals surface area contributed by atoms with Crippen LogP contribution < -0.4 is 5.19 Å². The molecule has 0 amide bonds. The number of aryl methyl sites for hydroxylation is 2. The van der Waals surface area contributed by atoms with Crippen molar-refractivity contribution in [2.24, 2.45) is 0 Å². The number of hydrogen-bond donors (Lipinski definition) is 0. The van der Waals surface area contributed by atoms with Gasteiger partial charge in [-0.2, -0.15) is 0 Å². The zero-order chi connectivity index (χ0) is 26.0. The molecule has 0 aliphatic heterocycles. The molecule has 0 atom stereocenters. The van der Waals surface area contributed by atoms with Crippen molar-refractivity contribution in [3.63, 3.8) is 0 Å². The van der Waals surface area contributed by atoms with Crippen molar-refractivity contribution in [1.29, 1.82) is 0 Å². The number of rotatable bonds is 3. The van der Waals surface area contributed by atoms with Crippen molar-refractivity contribution in [2.45, 2.75) is 33.5 Å². The Morgan fingerprint density at radius 2 is 1.63 bits per heavy atom. The Bertz CT molecular complexity index is 1670. The first kappa shape index (κ1) is 27.6. The van der Waals surface area contributed by atoms with Gasteiger partial charge in [0.2, 0.25) is 0 Å². The molecule has 0 fully saturated rings. The molecular weight excluding hydrogens is 663 g/mol. The van der Waals surface area contributed by atoms with Crippen LogP contribution in [0.5, 0.6) is 0 Å². The van der Waals surface area contributed by atoms with Gasteiger partial charge in [0, 0.05) is 46.8 Å². The van der Waals surface area contributed by atoms with E-state index in [0.717, 1.165) is 44.6 Å². The van der Waals surface area contributed by atoms with E-state index in [9.17, 15) is 0 Å². The Balaban J connectivity index is 0.000000204. The van der Waals surface area contributed by atoms with Crippen molar-refractivity contribution in [1.82, 2.24) is 15.0 Å². The summed E-state index contributed by atoms with van der Waals surface area (Å²) in [6.07, 6.45) is 5.53. The van der Waals surface area contributed by atoms with Gasteiger partial charge in [-0.3, -0.25) is 4.98 Å². The normalized spacial score (nSPS) is 11.1. The van der Waals surface area contributed by atoms with Crippen LogP contribution in [0.25, 0.3) is 44.6 Å². The maximum Gasteiger partial charge on any atom is 0.139 e. The zero-order valence-electron chi connectivity index (χ0n) is 22.2. The van der Waals surface area contributed by atoms with Gasteiger partial charge in [-0.15, -0.1) is 53.2 Å². The van der Waals surface area contributed by atoms with Crippen LogP contribution >= 0.6 is 0 Å². The molecule has 2 aromatic carbocycles. The molecule has 4 heterocycles. The Kier molecular flexibility index (Phi) is 8.37. The number of benzene rings is 2. The second-order valence-corrected chi connectivity index (χ2v) is 15.2. The predicted octanol–water partition coefficient (Wildman–Crippen LogP) is 7.55. The third-order valence-corrected chi connectivity index (χ3v) is 8.19. The van der Waals surface area contributed by atoms with E-state index in [1.807, 2.05) is 74.0 Å². The molecule has 0 saturated carbocycles. The van der Waals surface area contributed by atoms with E-state index < -0.39 is 8.07 Å². The topological polar surface area (TPSA) is 51.8 Å². The fourth-order valence-electron chi connectivity index (χ4n) is 4.27. The van der Waals surface area contributed by atoms with Gasteiger partial charge in [0.1, 0.15) is 5.58 Å². The van der Waals surface area contributed by atoms with Gasteiger partial charge in [0.15, 0.2) is 0 Å². The first-order valence-electron chi connectivity index (χ1n) is 12.4. The molecule has 193 valence electrons. The van der Waals surface area contributed by atoms with E-state index in [4.69, 9.17) is 4.42 Å². The number of nitrogens with zero attached hydrogens (tertiary/aromatic N) is 3. The summed E-state index contributed by atoms with van der Waals surface area (Å²) in [5.41, 5.74) is 8.78. The summed E-state index contributed by atoms with van der Waals surface area (Å²) in [5, 5.41) is 2.45. The van der Waals surface area contributed by atoms with Gasteiger partial charge in [-0.05, 0) is 54.4 Å². The fraction of sp³-hybridized carbons (Fsp3) is 0.156. The first-order valence-corrected chi connectivity index (χ1v) is 15.9. The predicted molar refractivity (Wildman–Crippen MR) is 155 cm³/mol. The summed E-state index contributed by atoms with van der Waals surface area (Å²) < 4.78 is 6.20. The molecule has 38 heavy (non-hydrogen) atoms. The Morgan fingerprint density at radius 3 is 2.32 bits per heavy atom. The molecule has 6 aromatic rings. The number of aromatic nitrogens is 3. The van der Waals surface area contributed by atoms with Gasteiger partial charge in [0.05, 0.1) is 11.1 Å². The van der Waals surface area contributed by atoms with E-state index in [-0.39, 0.29) is 20.1 Å². The maximum absolute atomic E-state index is 6.20. The smallest absolute Gasteiger partial charge is 0.139 e. The van der Waals surface area contributed by atoms with Crippen molar-refractivity contribution in [3.8, 4) is 22.5 Å². The summed E-state index contributed by atoms with van der Waals surface area (Å²) >= 11 is 0. The van der Waals surface area contributed by atoms with Gasteiger partial charge in [-0.1, -0.05) is 49.0 Å². The van der Waals surface area contributed by atoms with Gasteiger partial charge < -0.3 is 14.4 Å². The molecule has 4 aromatic heterocycles. The standard InChI is InChI=1S/C20H19N2OSi.C12H10N.Ir/c1-13-9-11-21-15(12-13)14-7-8-17(24(2,3)4)18-19-16(23-20(14)18)6-5-10-22-19;1-10-7-8-12(13-9-10)11-5-3-2-4-6-11;/h5-6,8-12H,1-4H3;2-5,7-9H,1H3;/q2*-1;. The molecule has 0 spiro atoms. The molecule has 0 saturated heterocycles. The van der Waals surface area contributed by atoms with Crippen LogP contribution in [-0.2, 0) is 20.1 Å². The SMILES string of the molecule is Cc1ccc(-c2[c-]cccc2)nc1.Cc1ccnc(-c2[c-]cc([Si](C)(C)C)c3c2oc2cccnc23)c1.[Ir]. The zero-order valence-corrected chi connectivity index (χ0v) is 25.6.